The second-order valence-electron chi connectivity index (χ2n) is 5.23. The van der Waals surface area contributed by atoms with E-state index in [2.05, 4.69) is 22.6 Å². The highest BCUT2D eigenvalue weighted by Gasteiger charge is 2.09. The van der Waals surface area contributed by atoms with Gasteiger partial charge in [0.15, 0.2) is 0 Å². The number of amides is 1. The van der Waals surface area contributed by atoms with E-state index >= 15 is 0 Å². The largest absolute Gasteiger partial charge is 0.361 e. The summed E-state index contributed by atoms with van der Waals surface area (Å²) in [5.41, 5.74) is 3.32. The first-order chi connectivity index (χ1) is 10.7. The lowest BCUT2D eigenvalue weighted by atomic mass is 10.1. The molecule has 0 aliphatic heterocycles. The molecule has 118 valence electrons. The van der Waals surface area contributed by atoms with Crippen molar-refractivity contribution in [1.82, 2.24) is 10.5 Å². The maximum Gasteiger partial charge on any atom is 0.230 e. The van der Waals surface area contributed by atoms with Crippen molar-refractivity contribution in [2.24, 2.45) is 0 Å². The third-order valence-corrected chi connectivity index (χ3v) is 4.43. The Morgan fingerprint density at radius 3 is 2.73 bits per heavy atom. The predicted octanol–water partition coefficient (Wildman–Crippen LogP) is 3.27. The van der Waals surface area contributed by atoms with Gasteiger partial charge in [-0.2, -0.15) is 0 Å². The summed E-state index contributed by atoms with van der Waals surface area (Å²) in [5.74, 6) is 2.16. The van der Waals surface area contributed by atoms with Gasteiger partial charge in [-0.05, 0) is 32.3 Å². The van der Waals surface area contributed by atoms with Crippen molar-refractivity contribution >= 4 is 17.7 Å². The summed E-state index contributed by atoms with van der Waals surface area (Å²) in [6.07, 6.45) is 1.96. The van der Waals surface area contributed by atoms with Gasteiger partial charge in [0.2, 0.25) is 5.91 Å². The standard InChI is InChI=1S/C17H22N2O2S/c1-13-16(14(2)21-19-13)11-22-12-17(20)18-10-6-9-15-7-4-3-5-8-15/h3-5,7-8H,6,9-12H2,1-2H3,(H,18,20). The molecule has 0 unspecified atom stereocenters. The molecule has 5 heteroatoms. The van der Waals surface area contributed by atoms with Crippen molar-refractivity contribution in [3.05, 3.63) is 52.9 Å². The average molecular weight is 318 g/mol. The second-order valence-corrected chi connectivity index (χ2v) is 6.22. The summed E-state index contributed by atoms with van der Waals surface area (Å²) in [6, 6.07) is 10.3. The predicted molar refractivity (Wildman–Crippen MR) is 89.9 cm³/mol. The van der Waals surface area contributed by atoms with Crippen LogP contribution in [-0.2, 0) is 17.0 Å². The lowest BCUT2D eigenvalue weighted by Gasteiger charge is -2.05. The van der Waals surface area contributed by atoms with Crippen molar-refractivity contribution in [3.8, 4) is 0 Å². The molecule has 22 heavy (non-hydrogen) atoms. The molecule has 0 saturated carbocycles. The Labute approximate surface area is 135 Å². The summed E-state index contributed by atoms with van der Waals surface area (Å²) in [5, 5.41) is 6.88. The van der Waals surface area contributed by atoms with E-state index in [1.165, 1.54) is 5.56 Å². The molecule has 1 aromatic carbocycles. The quantitative estimate of drug-likeness (QED) is 0.759. The minimum absolute atomic E-state index is 0.0878. The Morgan fingerprint density at radius 2 is 2.05 bits per heavy atom. The van der Waals surface area contributed by atoms with Crippen LogP contribution in [0.4, 0.5) is 0 Å². The fourth-order valence-corrected chi connectivity index (χ4v) is 3.18. The first-order valence-corrected chi connectivity index (χ1v) is 8.62. The molecule has 0 bridgehead atoms. The third-order valence-electron chi connectivity index (χ3n) is 3.47. The van der Waals surface area contributed by atoms with Crippen LogP contribution < -0.4 is 5.32 Å². The molecule has 1 heterocycles. The highest BCUT2D eigenvalue weighted by atomic mass is 32.2. The molecule has 0 aliphatic rings. The number of carbonyl (C=O) groups is 1. The maximum atomic E-state index is 11.8. The van der Waals surface area contributed by atoms with E-state index in [0.29, 0.717) is 5.75 Å². The summed E-state index contributed by atoms with van der Waals surface area (Å²) < 4.78 is 5.11. The van der Waals surface area contributed by atoms with Gasteiger partial charge in [-0.3, -0.25) is 4.79 Å². The van der Waals surface area contributed by atoms with Gasteiger partial charge in [-0.15, -0.1) is 11.8 Å². The Morgan fingerprint density at radius 1 is 1.27 bits per heavy atom. The number of carbonyl (C=O) groups excluding carboxylic acids is 1. The van der Waals surface area contributed by atoms with Crippen LogP contribution in [-0.4, -0.2) is 23.4 Å². The van der Waals surface area contributed by atoms with Crippen LogP contribution in [0.3, 0.4) is 0 Å². The molecule has 0 radical (unpaired) electrons. The lowest BCUT2D eigenvalue weighted by molar-refractivity contribution is -0.118. The minimum Gasteiger partial charge on any atom is -0.361 e. The van der Waals surface area contributed by atoms with Gasteiger partial charge in [-0.1, -0.05) is 35.5 Å². The van der Waals surface area contributed by atoms with E-state index in [0.717, 1.165) is 42.2 Å². The van der Waals surface area contributed by atoms with E-state index in [1.807, 2.05) is 32.0 Å². The molecular formula is C17H22N2O2S. The fourth-order valence-electron chi connectivity index (χ4n) is 2.17. The van der Waals surface area contributed by atoms with E-state index in [4.69, 9.17) is 4.52 Å². The number of benzene rings is 1. The van der Waals surface area contributed by atoms with E-state index < -0.39 is 0 Å². The number of aromatic nitrogens is 1. The van der Waals surface area contributed by atoms with Crippen molar-refractivity contribution in [1.29, 1.82) is 0 Å². The second kappa shape index (κ2) is 8.63. The number of thioether (sulfide) groups is 1. The number of nitrogens with zero attached hydrogens (tertiary/aromatic N) is 1. The monoisotopic (exact) mass is 318 g/mol. The molecule has 0 atom stereocenters. The lowest BCUT2D eigenvalue weighted by Crippen LogP contribution is -2.26. The Balaban J connectivity index is 1.58. The average Bonchev–Trinajstić information content (AvgIpc) is 2.84. The molecule has 1 aromatic heterocycles. The van der Waals surface area contributed by atoms with Gasteiger partial charge < -0.3 is 9.84 Å². The zero-order valence-electron chi connectivity index (χ0n) is 13.1. The normalized spacial score (nSPS) is 10.6. The zero-order chi connectivity index (χ0) is 15.8. The summed E-state index contributed by atoms with van der Waals surface area (Å²) in [4.78, 5) is 11.8. The summed E-state index contributed by atoms with van der Waals surface area (Å²) >= 11 is 1.59. The van der Waals surface area contributed by atoms with Gasteiger partial charge >= 0.3 is 0 Å². The third kappa shape index (κ3) is 5.22. The van der Waals surface area contributed by atoms with E-state index in [1.54, 1.807) is 11.8 Å². The van der Waals surface area contributed by atoms with Gasteiger partial charge in [0.1, 0.15) is 5.76 Å². The van der Waals surface area contributed by atoms with Crippen molar-refractivity contribution in [3.63, 3.8) is 0 Å². The molecule has 1 amide bonds. The van der Waals surface area contributed by atoms with Gasteiger partial charge in [0.25, 0.3) is 0 Å². The molecule has 0 fully saturated rings. The molecule has 1 N–H and O–H groups in total. The molecule has 4 nitrogen and oxygen atoms in total. The molecular weight excluding hydrogens is 296 g/mol. The van der Waals surface area contributed by atoms with Gasteiger partial charge in [-0.25, -0.2) is 0 Å². The van der Waals surface area contributed by atoms with Crippen LogP contribution in [0.2, 0.25) is 0 Å². The number of hydrogen-bond acceptors (Lipinski definition) is 4. The molecule has 0 spiro atoms. The molecule has 2 rings (SSSR count). The Hall–Kier alpha value is -1.75. The van der Waals surface area contributed by atoms with Crippen LogP contribution in [0.25, 0.3) is 0 Å². The number of rotatable bonds is 8. The Kier molecular flexibility index (Phi) is 6.52. The highest BCUT2D eigenvalue weighted by molar-refractivity contribution is 7.99. The van der Waals surface area contributed by atoms with Crippen molar-refractivity contribution < 1.29 is 9.32 Å². The van der Waals surface area contributed by atoms with Gasteiger partial charge in [0, 0.05) is 17.9 Å². The summed E-state index contributed by atoms with van der Waals surface area (Å²) in [7, 11) is 0. The van der Waals surface area contributed by atoms with Crippen LogP contribution >= 0.6 is 11.8 Å². The zero-order valence-corrected chi connectivity index (χ0v) is 13.9. The Bertz CT molecular complexity index is 576. The van der Waals surface area contributed by atoms with E-state index in [9.17, 15) is 4.79 Å². The number of aryl methyl sites for hydroxylation is 3. The van der Waals surface area contributed by atoms with Crippen LogP contribution in [0.15, 0.2) is 34.9 Å². The first-order valence-electron chi connectivity index (χ1n) is 7.47. The maximum absolute atomic E-state index is 11.8. The van der Waals surface area contributed by atoms with Gasteiger partial charge in [0.05, 0.1) is 11.4 Å². The number of hydrogen-bond donors (Lipinski definition) is 1. The molecule has 2 aromatic rings. The smallest absolute Gasteiger partial charge is 0.230 e. The SMILES string of the molecule is Cc1noc(C)c1CSCC(=O)NCCCc1ccccc1. The van der Waals surface area contributed by atoms with Crippen LogP contribution in [0.5, 0.6) is 0 Å². The summed E-state index contributed by atoms with van der Waals surface area (Å²) in [6.45, 7) is 4.55. The number of nitrogens with one attached hydrogen (secondary N) is 1. The van der Waals surface area contributed by atoms with E-state index in [-0.39, 0.29) is 5.91 Å². The van der Waals surface area contributed by atoms with Crippen LogP contribution in [0, 0.1) is 13.8 Å². The highest BCUT2D eigenvalue weighted by Crippen LogP contribution is 2.19. The van der Waals surface area contributed by atoms with Crippen molar-refractivity contribution in [2.75, 3.05) is 12.3 Å². The topological polar surface area (TPSA) is 55.1 Å². The molecule has 0 saturated heterocycles. The van der Waals surface area contributed by atoms with Crippen molar-refractivity contribution in [2.45, 2.75) is 32.4 Å². The molecule has 0 aliphatic carbocycles. The fraction of sp³-hybridized carbons (Fsp3) is 0.412. The minimum atomic E-state index is 0.0878. The first kappa shape index (κ1) is 16.6. The van der Waals surface area contributed by atoms with Crippen LogP contribution in [0.1, 0.15) is 29.0 Å².